The first-order valence-electron chi connectivity index (χ1n) is 9.09. The van der Waals surface area contributed by atoms with Crippen molar-refractivity contribution in [2.24, 2.45) is 0 Å². The Morgan fingerprint density at radius 1 is 0.643 bits per heavy atom. The average Bonchev–Trinajstić information content (AvgIpc) is 3.46. The summed E-state index contributed by atoms with van der Waals surface area (Å²) in [5.74, 6) is 0. The van der Waals surface area contributed by atoms with Gasteiger partial charge in [0.15, 0.2) is 0 Å². The third-order valence-corrected chi connectivity index (χ3v) is 4.89. The van der Waals surface area contributed by atoms with E-state index in [1.54, 1.807) is 0 Å². The Morgan fingerprint density at radius 2 is 1.14 bits per heavy atom. The fraction of sp³-hybridized carbons (Fsp3) is 0. The molecule has 0 aromatic carbocycles. The van der Waals surface area contributed by atoms with Crippen LogP contribution in [0.25, 0.3) is 58.5 Å². The molecule has 5 heterocycles. The molecule has 4 heteroatoms. The van der Waals surface area contributed by atoms with E-state index < -0.39 is 0 Å². The molecule has 3 aromatic rings. The van der Waals surface area contributed by atoms with Crippen LogP contribution in [0.1, 0.15) is 33.9 Å². The van der Waals surface area contributed by atoms with Crippen LogP contribution < -0.4 is 0 Å². The minimum atomic E-state index is 0.872. The van der Waals surface area contributed by atoms with Crippen LogP contribution in [0.15, 0.2) is 49.6 Å². The molecule has 0 spiro atoms. The van der Waals surface area contributed by atoms with Crippen molar-refractivity contribution >= 4 is 58.5 Å². The first-order chi connectivity index (χ1) is 13.7. The number of fused-ring (bicyclic) bond motifs is 8. The first-order valence-corrected chi connectivity index (χ1v) is 9.09. The van der Waals surface area contributed by atoms with Crippen molar-refractivity contribution in [3.63, 3.8) is 0 Å². The second-order valence-corrected chi connectivity index (χ2v) is 6.69. The summed E-state index contributed by atoms with van der Waals surface area (Å²) in [6.07, 6.45) is 11.7. The van der Waals surface area contributed by atoms with E-state index in [1.807, 2.05) is 72.9 Å². The molecule has 2 N–H and O–H groups in total. The van der Waals surface area contributed by atoms with E-state index in [0.29, 0.717) is 0 Å². The molecule has 0 aliphatic carbocycles. The molecule has 0 saturated carbocycles. The van der Waals surface area contributed by atoms with Crippen molar-refractivity contribution in [2.45, 2.75) is 0 Å². The highest BCUT2D eigenvalue weighted by atomic mass is 14.8. The number of H-pyrrole nitrogens is 2. The maximum Gasteiger partial charge on any atom is 0.0730 e. The van der Waals surface area contributed by atoms with Gasteiger partial charge in [0.25, 0.3) is 0 Å². The van der Waals surface area contributed by atoms with Crippen molar-refractivity contribution < 1.29 is 0 Å². The van der Waals surface area contributed by atoms with Crippen LogP contribution >= 0.6 is 0 Å². The lowest BCUT2D eigenvalue weighted by atomic mass is 10.2. The molecule has 0 amide bonds. The number of aromatic nitrogens is 4. The summed E-state index contributed by atoms with van der Waals surface area (Å²) in [4.78, 5) is 16.4. The number of nitrogens with one attached hydrogen (secondary N) is 2. The summed E-state index contributed by atoms with van der Waals surface area (Å²) >= 11 is 0. The van der Waals surface area contributed by atoms with Crippen LogP contribution in [0.3, 0.4) is 0 Å². The van der Waals surface area contributed by atoms with Crippen LogP contribution in [0.5, 0.6) is 0 Å². The van der Waals surface area contributed by atoms with Gasteiger partial charge in [0.2, 0.25) is 0 Å². The Hall–Kier alpha value is -3.92. The molecule has 2 aliphatic heterocycles. The summed E-state index contributed by atoms with van der Waals surface area (Å²) in [6.45, 7) is 7.97. The standard InChI is InChI=1S/C24H18N4/c1-3-19-21-9-7-17(26-21)13-15-5-6-16(25-15)14-18-8-10-22(27-18)20(4-2)24-12-11-23(19)28-24/h3-14,26-27H,1-2H2. The quantitative estimate of drug-likeness (QED) is 0.408. The van der Waals surface area contributed by atoms with Gasteiger partial charge >= 0.3 is 0 Å². The summed E-state index contributed by atoms with van der Waals surface area (Å²) in [6, 6.07) is 12.2. The molecule has 4 nitrogen and oxygen atoms in total. The molecule has 134 valence electrons. The van der Waals surface area contributed by atoms with E-state index in [0.717, 1.165) is 56.0 Å². The molecule has 3 aromatic heterocycles. The summed E-state index contributed by atoms with van der Waals surface area (Å²) in [7, 11) is 0. The highest BCUT2D eigenvalue weighted by Gasteiger charge is 2.09. The lowest BCUT2D eigenvalue weighted by molar-refractivity contribution is 1.30. The van der Waals surface area contributed by atoms with Crippen molar-refractivity contribution in [3.8, 4) is 0 Å². The van der Waals surface area contributed by atoms with Crippen molar-refractivity contribution in [1.82, 2.24) is 19.9 Å². The largest absolute Gasteiger partial charge is 0.355 e. The van der Waals surface area contributed by atoms with Gasteiger partial charge in [-0.25, -0.2) is 9.97 Å². The normalized spacial score (nSPS) is 12.3. The predicted octanol–water partition coefficient (Wildman–Crippen LogP) is 5.94. The predicted molar refractivity (Wildman–Crippen MR) is 119 cm³/mol. The zero-order valence-electron chi connectivity index (χ0n) is 15.2. The first kappa shape index (κ1) is 16.3. The third-order valence-electron chi connectivity index (χ3n) is 4.89. The lowest BCUT2D eigenvalue weighted by Crippen LogP contribution is -1.84. The number of hydrogen-bond acceptors (Lipinski definition) is 2. The maximum atomic E-state index is 4.83. The van der Waals surface area contributed by atoms with Gasteiger partial charge in [-0.3, -0.25) is 0 Å². The molecular weight excluding hydrogens is 344 g/mol. The highest BCUT2D eigenvalue weighted by Crippen LogP contribution is 2.24. The van der Waals surface area contributed by atoms with Gasteiger partial charge in [-0.2, -0.15) is 0 Å². The van der Waals surface area contributed by atoms with Crippen LogP contribution in [-0.2, 0) is 0 Å². The molecule has 5 rings (SSSR count). The summed E-state index contributed by atoms with van der Waals surface area (Å²) < 4.78 is 0. The zero-order valence-corrected chi connectivity index (χ0v) is 15.2. The smallest absolute Gasteiger partial charge is 0.0730 e. The SMILES string of the molecule is C=Cc1c2nc(c(C=C)c3ccc(cc4nc(cc5ccc1[nH]5)C=C4)[nH]3)C=C2. The summed E-state index contributed by atoms with van der Waals surface area (Å²) in [5.41, 5.74) is 9.38. The Morgan fingerprint density at radius 3 is 1.61 bits per heavy atom. The average molecular weight is 362 g/mol. The number of aromatic amines is 2. The van der Waals surface area contributed by atoms with Crippen LogP contribution in [0.4, 0.5) is 0 Å². The zero-order chi connectivity index (χ0) is 19.1. The van der Waals surface area contributed by atoms with Crippen LogP contribution in [0.2, 0.25) is 0 Å². The lowest BCUT2D eigenvalue weighted by Gasteiger charge is -1.96. The topological polar surface area (TPSA) is 57.4 Å². The highest BCUT2D eigenvalue weighted by molar-refractivity contribution is 5.87. The van der Waals surface area contributed by atoms with E-state index in [-0.39, 0.29) is 0 Å². The molecule has 8 bridgehead atoms. The minimum absolute atomic E-state index is 0.872. The number of rotatable bonds is 2. The Bertz CT molecular complexity index is 1250. The van der Waals surface area contributed by atoms with Crippen LogP contribution in [-0.4, -0.2) is 19.9 Å². The number of hydrogen-bond donors (Lipinski definition) is 2. The van der Waals surface area contributed by atoms with Crippen molar-refractivity contribution in [3.05, 3.63) is 83.5 Å². The van der Waals surface area contributed by atoms with Gasteiger partial charge in [0.1, 0.15) is 0 Å². The molecular formula is C24H18N4. The van der Waals surface area contributed by atoms with Gasteiger partial charge in [-0.15, -0.1) is 0 Å². The minimum Gasteiger partial charge on any atom is -0.355 e. The number of nitrogens with zero attached hydrogens (tertiary/aromatic N) is 2. The Labute approximate surface area is 162 Å². The molecule has 0 radical (unpaired) electrons. The maximum absolute atomic E-state index is 4.83. The molecule has 0 fully saturated rings. The molecule has 0 saturated heterocycles. The van der Waals surface area contributed by atoms with Gasteiger partial charge in [0, 0.05) is 33.2 Å². The van der Waals surface area contributed by atoms with Gasteiger partial charge in [0.05, 0.1) is 22.8 Å². The fourth-order valence-corrected chi connectivity index (χ4v) is 3.55. The second kappa shape index (κ2) is 6.35. The van der Waals surface area contributed by atoms with Gasteiger partial charge in [-0.05, 0) is 60.7 Å². The molecule has 0 unspecified atom stereocenters. The monoisotopic (exact) mass is 362 g/mol. The van der Waals surface area contributed by atoms with E-state index >= 15 is 0 Å². The van der Waals surface area contributed by atoms with E-state index in [9.17, 15) is 0 Å². The Kier molecular flexibility index (Phi) is 3.69. The van der Waals surface area contributed by atoms with E-state index in [4.69, 9.17) is 4.98 Å². The van der Waals surface area contributed by atoms with E-state index in [1.165, 1.54) is 0 Å². The summed E-state index contributed by atoms with van der Waals surface area (Å²) in [5, 5.41) is 0. The third kappa shape index (κ3) is 2.72. The van der Waals surface area contributed by atoms with Crippen LogP contribution in [0, 0.1) is 0 Å². The Balaban J connectivity index is 1.95. The van der Waals surface area contributed by atoms with Gasteiger partial charge < -0.3 is 9.97 Å². The fourth-order valence-electron chi connectivity index (χ4n) is 3.55. The van der Waals surface area contributed by atoms with E-state index in [2.05, 4.69) is 28.1 Å². The second-order valence-electron chi connectivity index (χ2n) is 6.69. The van der Waals surface area contributed by atoms with Crippen molar-refractivity contribution in [2.75, 3.05) is 0 Å². The molecule has 2 aliphatic rings. The molecule has 28 heavy (non-hydrogen) atoms. The van der Waals surface area contributed by atoms with Crippen molar-refractivity contribution in [1.29, 1.82) is 0 Å². The van der Waals surface area contributed by atoms with Gasteiger partial charge in [-0.1, -0.05) is 25.3 Å². The molecule has 0 atom stereocenters.